The Bertz CT molecular complexity index is 671. The van der Waals surface area contributed by atoms with Crippen LogP contribution in [0.5, 0.6) is 5.75 Å². The van der Waals surface area contributed by atoms with Gasteiger partial charge in [-0.3, -0.25) is 0 Å². The summed E-state index contributed by atoms with van der Waals surface area (Å²) in [7, 11) is 0. The molecule has 148 valence electrons. The molecule has 1 atom stereocenters. The number of para-hydroxylation sites is 1. The highest BCUT2D eigenvalue weighted by atomic mass is 127. The number of halogens is 1. The molecule has 2 N–H and O–H groups in total. The van der Waals surface area contributed by atoms with Gasteiger partial charge in [0, 0.05) is 32.5 Å². The first-order valence-corrected chi connectivity index (χ1v) is 9.22. The van der Waals surface area contributed by atoms with Gasteiger partial charge >= 0.3 is 0 Å². The molecular formula is C20H28IN3O3. The zero-order chi connectivity index (χ0) is 18.2. The van der Waals surface area contributed by atoms with Crippen LogP contribution in [0.15, 0.2) is 58.1 Å². The Morgan fingerprint density at radius 3 is 2.63 bits per heavy atom. The van der Waals surface area contributed by atoms with Crippen LogP contribution in [0, 0.1) is 0 Å². The Hall–Kier alpha value is -1.74. The van der Waals surface area contributed by atoms with Crippen LogP contribution in [0.3, 0.4) is 0 Å². The smallest absolute Gasteiger partial charge is 0.194 e. The predicted octanol–water partition coefficient (Wildman–Crippen LogP) is 3.44. The van der Waals surface area contributed by atoms with Crippen molar-refractivity contribution in [3.8, 4) is 5.75 Å². The van der Waals surface area contributed by atoms with Crippen molar-refractivity contribution in [3.05, 3.63) is 54.5 Å². The van der Waals surface area contributed by atoms with Gasteiger partial charge in [-0.1, -0.05) is 18.2 Å². The third-order valence-corrected chi connectivity index (χ3v) is 4.41. The largest absolute Gasteiger partial charge is 0.490 e. The predicted molar refractivity (Wildman–Crippen MR) is 117 cm³/mol. The van der Waals surface area contributed by atoms with Crippen LogP contribution in [-0.2, 0) is 0 Å². The molecule has 0 aliphatic carbocycles. The maximum Gasteiger partial charge on any atom is 0.194 e. The van der Waals surface area contributed by atoms with Crippen LogP contribution in [0.25, 0.3) is 0 Å². The Balaban J connectivity index is 0.00000261. The highest BCUT2D eigenvalue weighted by Crippen LogP contribution is 2.19. The SMILES string of the molecule is CCNC(=NCC(O)c1ccco1)N1CCC(Oc2ccccc2)CC1.I. The average Bonchev–Trinajstić information content (AvgIpc) is 3.21. The number of ether oxygens (including phenoxy) is 1. The minimum atomic E-state index is -0.724. The molecule has 1 aromatic heterocycles. The minimum Gasteiger partial charge on any atom is -0.490 e. The summed E-state index contributed by atoms with van der Waals surface area (Å²) in [6, 6.07) is 13.5. The van der Waals surface area contributed by atoms with Gasteiger partial charge in [-0.2, -0.15) is 0 Å². The summed E-state index contributed by atoms with van der Waals surface area (Å²) in [5, 5.41) is 13.5. The zero-order valence-electron chi connectivity index (χ0n) is 15.6. The highest BCUT2D eigenvalue weighted by molar-refractivity contribution is 14.0. The third-order valence-electron chi connectivity index (χ3n) is 4.41. The minimum absolute atomic E-state index is 0. The van der Waals surface area contributed by atoms with Crippen molar-refractivity contribution in [2.24, 2.45) is 4.99 Å². The van der Waals surface area contributed by atoms with E-state index in [9.17, 15) is 5.11 Å². The molecular weight excluding hydrogens is 457 g/mol. The van der Waals surface area contributed by atoms with Crippen LogP contribution < -0.4 is 10.1 Å². The van der Waals surface area contributed by atoms with E-state index >= 15 is 0 Å². The van der Waals surface area contributed by atoms with Crippen molar-refractivity contribution in [1.29, 1.82) is 0 Å². The molecule has 1 aliphatic rings. The van der Waals surface area contributed by atoms with Crippen molar-refractivity contribution in [3.63, 3.8) is 0 Å². The second-order valence-electron chi connectivity index (χ2n) is 6.34. The number of nitrogens with one attached hydrogen (secondary N) is 1. The number of furan rings is 1. The van der Waals surface area contributed by atoms with E-state index in [2.05, 4.69) is 15.2 Å². The van der Waals surface area contributed by atoms with E-state index in [1.54, 1.807) is 18.4 Å². The summed E-state index contributed by atoms with van der Waals surface area (Å²) in [6.45, 7) is 4.86. The number of nitrogens with zero attached hydrogens (tertiary/aromatic N) is 2. The van der Waals surface area contributed by atoms with Gasteiger partial charge in [0.15, 0.2) is 5.96 Å². The number of guanidine groups is 1. The normalized spacial score (nSPS) is 16.5. The molecule has 0 bridgehead atoms. The second-order valence-corrected chi connectivity index (χ2v) is 6.34. The van der Waals surface area contributed by atoms with Crippen molar-refractivity contribution in [1.82, 2.24) is 10.2 Å². The van der Waals surface area contributed by atoms with E-state index in [0.29, 0.717) is 5.76 Å². The topological polar surface area (TPSA) is 70.2 Å². The van der Waals surface area contributed by atoms with Gasteiger partial charge < -0.3 is 24.5 Å². The number of aliphatic hydroxyl groups is 1. The van der Waals surface area contributed by atoms with E-state index in [1.807, 2.05) is 37.3 Å². The summed E-state index contributed by atoms with van der Waals surface area (Å²) >= 11 is 0. The van der Waals surface area contributed by atoms with Crippen LogP contribution in [0.4, 0.5) is 0 Å². The molecule has 1 unspecified atom stereocenters. The standard InChI is InChI=1S/C20H27N3O3.HI/c1-2-21-20(22-15-18(24)19-9-6-14-25-19)23-12-10-17(11-13-23)26-16-7-4-3-5-8-16;/h3-9,14,17-18,24H,2,10-13,15H2,1H3,(H,21,22);1H. The van der Waals surface area contributed by atoms with Crippen molar-refractivity contribution in [2.75, 3.05) is 26.2 Å². The molecule has 1 aliphatic heterocycles. The molecule has 1 aromatic carbocycles. The lowest BCUT2D eigenvalue weighted by atomic mass is 10.1. The molecule has 0 amide bonds. The lowest BCUT2D eigenvalue weighted by Gasteiger charge is -2.34. The maximum absolute atomic E-state index is 10.2. The fraction of sp³-hybridized carbons (Fsp3) is 0.450. The Morgan fingerprint density at radius 2 is 2.00 bits per heavy atom. The monoisotopic (exact) mass is 485 g/mol. The first-order chi connectivity index (χ1) is 12.8. The fourth-order valence-corrected chi connectivity index (χ4v) is 3.05. The Morgan fingerprint density at radius 1 is 1.26 bits per heavy atom. The first kappa shape index (κ1) is 21.6. The number of hydrogen-bond donors (Lipinski definition) is 2. The molecule has 2 aromatic rings. The molecule has 1 fully saturated rings. The van der Waals surface area contributed by atoms with E-state index in [1.165, 1.54) is 0 Å². The van der Waals surface area contributed by atoms with Gasteiger partial charge in [0.25, 0.3) is 0 Å². The first-order valence-electron chi connectivity index (χ1n) is 9.22. The number of aliphatic hydroxyl groups excluding tert-OH is 1. The third kappa shape index (κ3) is 6.42. The summed E-state index contributed by atoms with van der Waals surface area (Å²) in [5.74, 6) is 2.30. The molecule has 0 radical (unpaired) electrons. The van der Waals surface area contributed by atoms with E-state index in [-0.39, 0.29) is 36.6 Å². The number of likely N-dealkylation sites (tertiary alicyclic amines) is 1. The molecule has 7 heteroatoms. The molecule has 2 heterocycles. The zero-order valence-corrected chi connectivity index (χ0v) is 17.9. The fourth-order valence-electron chi connectivity index (χ4n) is 3.05. The van der Waals surface area contributed by atoms with Crippen molar-refractivity contribution >= 4 is 29.9 Å². The van der Waals surface area contributed by atoms with Crippen LogP contribution >= 0.6 is 24.0 Å². The van der Waals surface area contributed by atoms with Gasteiger partial charge in [-0.25, -0.2) is 4.99 Å². The number of aliphatic imine (C=N–C) groups is 1. The van der Waals surface area contributed by atoms with Crippen LogP contribution in [-0.4, -0.2) is 48.2 Å². The lowest BCUT2D eigenvalue weighted by Crippen LogP contribution is -2.47. The second kappa shape index (κ2) is 11.2. The van der Waals surface area contributed by atoms with Gasteiger partial charge in [-0.05, 0) is 31.2 Å². The summed E-state index contributed by atoms with van der Waals surface area (Å²) in [4.78, 5) is 6.81. The van der Waals surface area contributed by atoms with Gasteiger partial charge in [0.2, 0.25) is 0 Å². The van der Waals surface area contributed by atoms with E-state index < -0.39 is 6.10 Å². The molecule has 0 spiro atoms. The molecule has 27 heavy (non-hydrogen) atoms. The van der Waals surface area contributed by atoms with Crippen LogP contribution in [0.1, 0.15) is 31.6 Å². The van der Waals surface area contributed by atoms with Gasteiger partial charge in [0.05, 0.1) is 12.8 Å². The number of rotatable bonds is 6. The number of benzene rings is 1. The molecule has 0 saturated carbocycles. The quantitative estimate of drug-likeness (QED) is 0.373. The highest BCUT2D eigenvalue weighted by Gasteiger charge is 2.23. The van der Waals surface area contributed by atoms with Gasteiger partial charge in [0.1, 0.15) is 23.7 Å². The number of piperidine rings is 1. The molecule has 3 rings (SSSR count). The summed E-state index contributed by atoms with van der Waals surface area (Å²) < 4.78 is 11.3. The van der Waals surface area contributed by atoms with Gasteiger partial charge in [-0.15, -0.1) is 24.0 Å². The summed E-state index contributed by atoms with van der Waals surface area (Å²) in [5.41, 5.74) is 0. The van der Waals surface area contributed by atoms with Crippen LogP contribution in [0.2, 0.25) is 0 Å². The van der Waals surface area contributed by atoms with E-state index in [0.717, 1.165) is 44.2 Å². The Kier molecular flexibility index (Phi) is 8.93. The number of hydrogen-bond acceptors (Lipinski definition) is 4. The maximum atomic E-state index is 10.2. The summed E-state index contributed by atoms with van der Waals surface area (Å²) in [6.07, 6.45) is 2.95. The molecule has 6 nitrogen and oxygen atoms in total. The Labute approximate surface area is 177 Å². The van der Waals surface area contributed by atoms with Crippen molar-refractivity contribution in [2.45, 2.75) is 32.0 Å². The average molecular weight is 485 g/mol. The lowest BCUT2D eigenvalue weighted by molar-refractivity contribution is 0.128. The molecule has 1 saturated heterocycles. The van der Waals surface area contributed by atoms with Crippen molar-refractivity contribution < 1.29 is 14.3 Å². The van der Waals surface area contributed by atoms with E-state index in [4.69, 9.17) is 9.15 Å².